The molecule has 7 heteroatoms. The minimum atomic E-state index is -0.488. The zero-order valence-electron chi connectivity index (χ0n) is 15.1. The molecule has 1 aromatic carbocycles. The highest BCUT2D eigenvalue weighted by atomic mass is 19.1. The van der Waals surface area contributed by atoms with Crippen molar-refractivity contribution >= 4 is 5.91 Å². The van der Waals surface area contributed by atoms with Gasteiger partial charge in [0.05, 0.1) is 7.11 Å². The number of benzene rings is 1. The SMILES string of the molecule is COc1ccc(CNC(=O)c2ccc3n(c2=O)C[C@@H]2CNC[C@H]3C2)cc1F. The highest BCUT2D eigenvalue weighted by molar-refractivity contribution is 5.93. The predicted molar refractivity (Wildman–Crippen MR) is 98.5 cm³/mol. The quantitative estimate of drug-likeness (QED) is 0.857. The number of rotatable bonds is 4. The molecule has 0 saturated carbocycles. The maximum Gasteiger partial charge on any atom is 0.263 e. The zero-order valence-corrected chi connectivity index (χ0v) is 15.1. The van der Waals surface area contributed by atoms with Gasteiger partial charge in [0.15, 0.2) is 11.6 Å². The average Bonchev–Trinajstić information content (AvgIpc) is 2.67. The van der Waals surface area contributed by atoms with E-state index in [0.29, 0.717) is 23.9 Å². The molecular formula is C20H22FN3O3. The van der Waals surface area contributed by atoms with E-state index in [9.17, 15) is 14.0 Å². The summed E-state index contributed by atoms with van der Waals surface area (Å²) in [6.07, 6.45) is 1.08. The summed E-state index contributed by atoms with van der Waals surface area (Å²) >= 11 is 0. The number of ether oxygens (including phenoxy) is 1. The van der Waals surface area contributed by atoms with Gasteiger partial charge in [0.1, 0.15) is 5.56 Å². The average molecular weight is 371 g/mol. The molecule has 2 aromatic rings. The summed E-state index contributed by atoms with van der Waals surface area (Å²) in [6.45, 7) is 2.55. The van der Waals surface area contributed by atoms with E-state index in [1.54, 1.807) is 16.7 Å². The maximum absolute atomic E-state index is 13.8. The third-order valence-corrected chi connectivity index (χ3v) is 5.42. The Balaban J connectivity index is 1.52. The van der Waals surface area contributed by atoms with Gasteiger partial charge < -0.3 is 19.9 Å². The minimum Gasteiger partial charge on any atom is -0.494 e. The number of carbonyl (C=O) groups excluding carboxylic acids is 1. The molecule has 3 heterocycles. The summed E-state index contributed by atoms with van der Waals surface area (Å²) in [5.41, 5.74) is 1.47. The largest absolute Gasteiger partial charge is 0.494 e. The van der Waals surface area contributed by atoms with Gasteiger partial charge in [-0.25, -0.2) is 4.39 Å². The Morgan fingerprint density at radius 2 is 2.19 bits per heavy atom. The second kappa shape index (κ2) is 7.15. The first kappa shape index (κ1) is 17.7. The Kier molecular flexibility index (Phi) is 4.70. The van der Waals surface area contributed by atoms with E-state index in [-0.39, 0.29) is 23.4 Å². The van der Waals surface area contributed by atoms with E-state index in [1.807, 2.05) is 6.07 Å². The third kappa shape index (κ3) is 3.35. The Labute approximate surface area is 156 Å². The molecule has 2 aliphatic rings. The van der Waals surface area contributed by atoms with Crippen LogP contribution >= 0.6 is 0 Å². The van der Waals surface area contributed by atoms with Crippen LogP contribution in [0.15, 0.2) is 35.1 Å². The molecule has 1 saturated heterocycles. The van der Waals surface area contributed by atoms with Crippen LogP contribution < -0.4 is 20.9 Å². The molecule has 2 N–H and O–H groups in total. The molecule has 1 amide bonds. The number of hydrogen-bond donors (Lipinski definition) is 2. The van der Waals surface area contributed by atoms with Crippen LogP contribution in [0.4, 0.5) is 4.39 Å². The predicted octanol–water partition coefficient (Wildman–Crippen LogP) is 1.63. The molecule has 6 nitrogen and oxygen atoms in total. The Morgan fingerprint density at radius 3 is 2.96 bits per heavy atom. The summed E-state index contributed by atoms with van der Waals surface area (Å²) in [5.74, 6) is -0.0317. The van der Waals surface area contributed by atoms with Crippen molar-refractivity contribution in [2.24, 2.45) is 5.92 Å². The topological polar surface area (TPSA) is 72.4 Å². The molecule has 0 unspecified atom stereocenters. The monoisotopic (exact) mass is 371 g/mol. The lowest BCUT2D eigenvalue weighted by Gasteiger charge is -2.37. The zero-order chi connectivity index (χ0) is 19.0. The van der Waals surface area contributed by atoms with Crippen molar-refractivity contribution in [1.29, 1.82) is 0 Å². The first-order chi connectivity index (χ1) is 13.1. The summed E-state index contributed by atoms with van der Waals surface area (Å²) in [6, 6.07) is 7.99. The lowest BCUT2D eigenvalue weighted by atomic mass is 9.84. The lowest BCUT2D eigenvalue weighted by molar-refractivity contribution is 0.0948. The van der Waals surface area contributed by atoms with Crippen LogP contribution in [0.2, 0.25) is 0 Å². The Hall–Kier alpha value is -2.67. The molecule has 2 atom stereocenters. The van der Waals surface area contributed by atoms with Crippen molar-refractivity contribution < 1.29 is 13.9 Å². The summed E-state index contributed by atoms with van der Waals surface area (Å²) in [5, 5.41) is 6.11. The molecular weight excluding hydrogens is 349 g/mol. The highest BCUT2D eigenvalue weighted by Gasteiger charge is 2.31. The number of amides is 1. The molecule has 27 heavy (non-hydrogen) atoms. The van der Waals surface area contributed by atoms with E-state index < -0.39 is 11.7 Å². The number of halogens is 1. The van der Waals surface area contributed by atoms with Crippen LogP contribution in [0.3, 0.4) is 0 Å². The Morgan fingerprint density at radius 1 is 1.33 bits per heavy atom. The minimum absolute atomic E-state index is 0.126. The normalized spacial score (nSPS) is 20.7. The maximum atomic E-state index is 13.8. The van der Waals surface area contributed by atoms with Gasteiger partial charge in [0, 0.05) is 31.2 Å². The van der Waals surface area contributed by atoms with E-state index in [0.717, 1.165) is 25.2 Å². The molecule has 4 rings (SSSR count). The number of nitrogens with zero attached hydrogens (tertiary/aromatic N) is 1. The van der Waals surface area contributed by atoms with Crippen LogP contribution in [0.5, 0.6) is 5.75 Å². The van der Waals surface area contributed by atoms with E-state index in [4.69, 9.17) is 4.74 Å². The fourth-order valence-electron chi connectivity index (χ4n) is 4.06. The van der Waals surface area contributed by atoms with Gasteiger partial charge in [-0.3, -0.25) is 9.59 Å². The van der Waals surface area contributed by atoms with E-state index >= 15 is 0 Å². The molecule has 0 radical (unpaired) electrons. The van der Waals surface area contributed by atoms with Crippen molar-refractivity contribution in [3.05, 3.63) is 63.3 Å². The van der Waals surface area contributed by atoms with Gasteiger partial charge in [-0.05, 0) is 48.7 Å². The smallest absolute Gasteiger partial charge is 0.263 e. The number of pyridine rings is 1. The molecule has 1 aromatic heterocycles. The van der Waals surface area contributed by atoms with E-state index in [1.165, 1.54) is 19.2 Å². The highest BCUT2D eigenvalue weighted by Crippen LogP contribution is 2.31. The summed E-state index contributed by atoms with van der Waals surface area (Å²) in [7, 11) is 1.40. The van der Waals surface area contributed by atoms with Crippen LogP contribution in [-0.4, -0.2) is 30.7 Å². The fourth-order valence-corrected chi connectivity index (χ4v) is 4.06. The molecule has 1 fully saturated rings. The summed E-state index contributed by atoms with van der Waals surface area (Å²) < 4.78 is 20.4. The van der Waals surface area contributed by atoms with Gasteiger partial charge in [0.25, 0.3) is 11.5 Å². The van der Waals surface area contributed by atoms with Crippen molar-refractivity contribution in [3.63, 3.8) is 0 Å². The molecule has 2 aliphatic heterocycles. The number of aromatic nitrogens is 1. The number of carbonyl (C=O) groups is 1. The van der Waals surface area contributed by atoms with Crippen LogP contribution in [0.1, 0.15) is 34.0 Å². The van der Waals surface area contributed by atoms with Gasteiger partial charge in [-0.1, -0.05) is 6.07 Å². The fraction of sp³-hybridized carbons (Fsp3) is 0.400. The standard InChI is InChI=1S/C20H22FN3O3/c1-27-18-5-2-12(7-16(18)21)9-23-19(25)15-3-4-17-14-6-13(8-22-10-14)11-24(17)20(15)26/h2-5,7,13-14,22H,6,8-11H2,1H3,(H,23,25)/t13-,14+/m0/s1. The number of piperidine rings is 1. The molecule has 0 aliphatic carbocycles. The van der Waals surface area contributed by atoms with Crippen molar-refractivity contribution in [2.45, 2.75) is 25.4 Å². The second-order valence-electron chi connectivity index (χ2n) is 7.20. The van der Waals surface area contributed by atoms with Gasteiger partial charge in [-0.2, -0.15) is 0 Å². The molecule has 0 spiro atoms. The van der Waals surface area contributed by atoms with E-state index in [2.05, 4.69) is 10.6 Å². The van der Waals surface area contributed by atoms with Crippen LogP contribution in [0.25, 0.3) is 0 Å². The molecule has 142 valence electrons. The first-order valence-electron chi connectivity index (χ1n) is 9.12. The number of hydrogen-bond acceptors (Lipinski definition) is 4. The Bertz CT molecular complexity index is 941. The van der Waals surface area contributed by atoms with Gasteiger partial charge in [-0.15, -0.1) is 0 Å². The second-order valence-corrected chi connectivity index (χ2v) is 7.20. The molecule has 2 bridgehead atoms. The number of nitrogens with one attached hydrogen (secondary N) is 2. The number of methoxy groups -OCH3 is 1. The van der Waals surface area contributed by atoms with Crippen LogP contribution in [0, 0.1) is 11.7 Å². The third-order valence-electron chi connectivity index (χ3n) is 5.42. The first-order valence-corrected chi connectivity index (χ1v) is 9.12. The van der Waals surface area contributed by atoms with Crippen molar-refractivity contribution in [1.82, 2.24) is 15.2 Å². The van der Waals surface area contributed by atoms with Crippen molar-refractivity contribution in [2.75, 3.05) is 20.2 Å². The number of fused-ring (bicyclic) bond motifs is 4. The van der Waals surface area contributed by atoms with Crippen molar-refractivity contribution in [3.8, 4) is 5.75 Å². The van der Waals surface area contributed by atoms with Crippen LogP contribution in [-0.2, 0) is 13.1 Å². The lowest BCUT2D eigenvalue weighted by Crippen LogP contribution is -2.46. The van der Waals surface area contributed by atoms with Gasteiger partial charge in [0.2, 0.25) is 0 Å². The summed E-state index contributed by atoms with van der Waals surface area (Å²) in [4.78, 5) is 25.4. The van der Waals surface area contributed by atoms with Gasteiger partial charge >= 0.3 is 0 Å².